The van der Waals surface area contributed by atoms with Gasteiger partial charge < -0.3 is 10.1 Å². The van der Waals surface area contributed by atoms with Crippen LogP contribution in [0.2, 0.25) is 0 Å². The van der Waals surface area contributed by atoms with Crippen molar-refractivity contribution < 1.29 is 4.74 Å². The molecule has 2 heteroatoms. The average molecular weight is 249 g/mol. The summed E-state index contributed by atoms with van der Waals surface area (Å²) in [5.74, 6) is 1.62. The first-order valence-electron chi connectivity index (χ1n) is 7.07. The largest absolute Gasteiger partial charge is 0.493 e. The first-order chi connectivity index (χ1) is 8.61. The van der Waals surface area contributed by atoms with E-state index in [1.54, 1.807) is 0 Å². The molecule has 0 spiro atoms. The quantitative estimate of drug-likeness (QED) is 0.752. The van der Waals surface area contributed by atoms with E-state index in [-0.39, 0.29) is 0 Å². The summed E-state index contributed by atoms with van der Waals surface area (Å²) in [4.78, 5) is 0. The van der Waals surface area contributed by atoms with Gasteiger partial charge in [0.15, 0.2) is 0 Å². The topological polar surface area (TPSA) is 21.3 Å². The molecular formula is C16H27NO. The number of benzene rings is 1. The van der Waals surface area contributed by atoms with E-state index in [1.165, 1.54) is 18.4 Å². The van der Waals surface area contributed by atoms with Crippen molar-refractivity contribution in [2.45, 2.75) is 53.1 Å². The van der Waals surface area contributed by atoms with E-state index in [1.807, 2.05) is 6.07 Å². The van der Waals surface area contributed by atoms with Gasteiger partial charge in [-0.15, -0.1) is 0 Å². The standard InChI is InChI=1S/C16H27NO/c1-5-7-14(4)12-18-16-9-6-8-15(10-16)11-17-13(2)3/h6,8-10,13-14,17H,5,7,11-12H2,1-4H3. The lowest BCUT2D eigenvalue weighted by Gasteiger charge is -2.13. The zero-order valence-corrected chi connectivity index (χ0v) is 12.2. The van der Waals surface area contributed by atoms with Gasteiger partial charge in [-0.1, -0.05) is 46.2 Å². The van der Waals surface area contributed by atoms with Crippen molar-refractivity contribution in [2.75, 3.05) is 6.61 Å². The van der Waals surface area contributed by atoms with Crippen LogP contribution in [0.1, 0.15) is 46.1 Å². The molecule has 2 nitrogen and oxygen atoms in total. The molecule has 0 aliphatic rings. The molecule has 0 aliphatic carbocycles. The summed E-state index contributed by atoms with van der Waals surface area (Å²) < 4.78 is 5.84. The summed E-state index contributed by atoms with van der Waals surface area (Å²) in [6, 6.07) is 8.89. The Morgan fingerprint density at radius 2 is 2.00 bits per heavy atom. The Morgan fingerprint density at radius 1 is 1.22 bits per heavy atom. The predicted octanol–water partition coefficient (Wildman–Crippen LogP) is 4.00. The van der Waals surface area contributed by atoms with Gasteiger partial charge in [-0.3, -0.25) is 0 Å². The molecule has 0 heterocycles. The van der Waals surface area contributed by atoms with Crippen molar-refractivity contribution in [3.05, 3.63) is 29.8 Å². The molecule has 1 aromatic carbocycles. The predicted molar refractivity (Wildman–Crippen MR) is 78.0 cm³/mol. The fourth-order valence-corrected chi connectivity index (χ4v) is 1.88. The van der Waals surface area contributed by atoms with Crippen LogP contribution in [-0.2, 0) is 6.54 Å². The smallest absolute Gasteiger partial charge is 0.119 e. The lowest BCUT2D eigenvalue weighted by Crippen LogP contribution is -2.21. The number of rotatable bonds is 8. The normalized spacial score (nSPS) is 12.7. The van der Waals surface area contributed by atoms with Gasteiger partial charge in [-0.05, 0) is 30.0 Å². The highest BCUT2D eigenvalue weighted by atomic mass is 16.5. The highest BCUT2D eigenvalue weighted by Crippen LogP contribution is 2.15. The molecule has 102 valence electrons. The third-order valence-corrected chi connectivity index (χ3v) is 2.93. The number of hydrogen-bond acceptors (Lipinski definition) is 2. The Labute approximate surface area is 112 Å². The fourth-order valence-electron chi connectivity index (χ4n) is 1.88. The Hall–Kier alpha value is -1.02. The minimum Gasteiger partial charge on any atom is -0.493 e. The lowest BCUT2D eigenvalue weighted by molar-refractivity contribution is 0.251. The monoisotopic (exact) mass is 249 g/mol. The van der Waals surface area contributed by atoms with Gasteiger partial charge in [0.25, 0.3) is 0 Å². The molecule has 1 N–H and O–H groups in total. The number of hydrogen-bond donors (Lipinski definition) is 1. The van der Waals surface area contributed by atoms with Crippen molar-refractivity contribution in [1.29, 1.82) is 0 Å². The molecule has 1 atom stereocenters. The SMILES string of the molecule is CCCC(C)COc1cccc(CNC(C)C)c1. The van der Waals surface area contributed by atoms with E-state index in [4.69, 9.17) is 4.74 Å². The second-order valence-corrected chi connectivity index (χ2v) is 5.39. The Bertz CT molecular complexity index is 336. The zero-order chi connectivity index (χ0) is 13.4. The highest BCUT2D eigenvalue weighted by molar-refractivity contribution is 5.28. The second kappa shape index (κ2) is 8.15. The van der Waals surface area contributed by atoms with E-state index < -0.39 is 0 Å². The third kappa shape index (κ3) is 6.06. The van der Waals surface area contributed by atoms with Gasteiger partial charge in [0.1, 0.15) is 5.75 Å². The molecule has 0 bridgehead atoms. The second-order valence-electron chi connectivity index (χ2n) is 5.39. The van der Waals surface area contributed by atoms with E-state index in [0.29, 0.717) is 12.0 Å². The molecule has 0 aromatic heterocycles. The maximum Gasteiger partial charge on any atom is 0.119 e. The van der Waals surface area contributed by atoms with Crippen molar-refractivity contribution in [1.82, 2.24) is 5.32 Å². The Balaban J connectivity index is 2.43. The van der Waals surface area contributed by atoms with Gasteiger partial charge in [0, 0.05) is 12.6 Å². The molecule has 0 fully saturated rings. The van der Waals surface area contributed by atoms with Crippen molar-refractivity contribution in [3.63, 3.8) is 0 Å². The highest BCUT2D eigenvalue weighted by Gasteiger charge is 2.03. The minimum absolute atomic E-state index is 0.513. The van der Waals surface area contributed by atoms with Crippen molar-refractivity contribution in [3.8, 4) is 5.75 Å². The van der Waals surface area contributed by atoms with E-state index in [0.717, 1.165) is 18.9 Å². The van der Waals surface area contributed by atoms with Crippen molar-refractivity contribution in [2.24, 2.45) is 5.92 Å². The lowest BCUT2D eigenvalue weighted by atomic mass is 10.1. The maximum atomic E-state index is 5.84. The van der Waals surface area contributed by atoms with Gasteiger partial charge in [0.2, 0.25) is 0 Å². The summed E-state index contributed by atoms with van der Waals surface area (Å²) in [7, 11) is 0. The van der Waals surface area contributed by atoms with Crippen molar-refractivity contribution >= 4 is 0 Å². The van der Waals surface area contributed by atoms with Crippen LogP contribution in [-0.4, -0.2) is 12.6 Å². The van der Waals surface area contributed by atoms with E-state index in [9.17, 15) is 0 Å². The minimum atomic E-state index is 0.513. The van der Waals surface area contributed by atoms with Gasteiger partial charge in [0.05, 0.1) is 6.61 Å². The summed E-state index contributed by atoms with van der Waals surface area (Å²) >= 11 is 0. The molecule has 0 saturated carbocycles. The van der Waals surface area contributed by atoms with Crippen LogP contribution in [0.25, 0.3) is 0 Å². The van der Waals surface area contributed by atoms with E-state index in [2.05, 4.69) is 51.2 Å². The number of ether oxygens (including phenoxy) is 1. The van der Waals surface area contributed by atoms with Crippen LogP contribution in [0.15, 0.2) is 24.3 Å². The molecule has 0 radical (unpaired) electrons. The first kappa shape index (κ1) is 15.0. The Kier molecular flexibility index (Phi) is 6.81. The summed E-state index contributed by atoms with van der Waals surface area (Å²) in [5, 5.41) is 3.42. The van der Waals surface area contributed by atoms with Crippen LogP contribution in [0, 0.1) is 5.92 Å². The van der Waals surface area contributed by atoms with Crippen LogP contribution in [0.5, 0.6) is 5.75 Å². The molecule has 1 aromatic rings. The third-order valence-electron chi connectivity index (χ3n) is 2.93. The molecule has 0 saturated heterocycles. The molecule has 1 rings (SSSR count). The van der Waals surface area contributed by atoms with Crippen LogP contribution >= 0.6 is 0 Å². The van der Waals surface area contributed by atoms with E-state index >= 15 is 0 Å². The van der Waals surface area contributed by atoms with Gasteiger partial charge in [-0.25, -0.2) is 0 Å². The summed E-state index contributed by atoms with van der Waals surface area (Å²) in [6.07, 6.45) is 2.46. The molecule has 0 aliphatic heterocycles. The number of nitrogens with one attached hydrogen (secondary N) is 1. The molecule has 1 unspecified atom stereocenters. The Morgan fingerprint density at radius 3 is 2.67 bits per heavy atom. The van der Waals surface area contributed by atoms with Crippen LogP contribution in [0.3, 0.4) is 0 Å². The van der Waals surface area contributed by atoms with Gasteiger partial charge in [-0.2, -0.15) is 0 Å². The summed E-state index contributed by atoms with van der Waals surface area (Å²) in [6.45, 7) is 10.5. The maximum absolute atomic E-state index is 5.84. The molecule has 18 heavy (non-hydrogen) atoms. The van der Waals surface area contributed by atoms with Crippen LogP contribution in [0.4, 0.5) is 0 Å². The van der Waals surface area contributed by atoms with Gasteiger partial charge >= 0.3 is 0 Å². The molecular weight excluding hydrogens is 222 g/mol. The first-order valence-corrected chi connectivity index (χ1v) is 7.07. The summed E-state index contributed by atoms with van der Waals surface area (Å²) in [5.41, 5.74) is 1.28. The fraction of sp³-hybridized carbons (Fsp3) is 0.625. The average Bonchev–Trinajstić information content (AvgIpc) is 2.35. The van der Waals surface area contributed by atoms with Crippen LogP contribution < -0.4 is 10.1 Å². The molecule has 0 amide bonds. The zero-order valence-electron chi connectivity index (χ0n) is 12.2.